The summed E-state index contributed by atoms with van der Waals surface area (Å²) >= 11 is 0. The van der Waals surface area contributed by atoms with Gasteiger partial charge in [0.2, 0.25) is 11.5 Å². The van der Waals surface area contributed by atoms with E-state index < -0.39 is 86.7 Å². The Kier molecular flexibility index (Phi) is 38.0. The smallest absolute Gasteiger partial charge is 0.200 e. The molecule has 0 amide bonds. The monoisotopic (exact) mass is 1790 g/mol. The first kappa shape index (κ1) is 102. The van der Waals surface area contributed by atoms with Crippen molar-refractivity contribution in [3.63, 3.8) is 0 Å². The maximum absolute atomic E-state index is 10.3. The largest absolute Gasteiger partial charge is 0.508 e. The molecular formula is C108H110O24. The number of hydrogen-bond acceptors (Lipinski definition) is 24. The van der Waals surface area contributed by atoms with Crippen molar-refractivity contribution in [2.75, 3.05) is 0 Å². The van der Waals surface area contributed by atoms with Crippen molar-refractivity contribution in [2.24, 2.45) is 0 Å². The zero-order valence-electron chi connectivity index (χ0n) is 73.8. The third-order valence-corrected chi connectivity index (χ3v) is 20.3. The van der Waals surface area contributed by atoms with Crippen molar-refractivity contribution in [1.29, 1.82) is 0 Å². The van der Waals surface area contributed by atoms with Crippen LogP contribution in [0, 0.1) is 0 Å². The molecule has 0 radical (unpaired) electrons. The van der Waals surface area contributed by atoms with Crippen molar-refractivity contribution in [3.8, 4) is 138 Å². The van der Waals surface area contributed by atoms with Crippen LogP contribution in [0.5, 0.6) is 138 Å². The van der Waals surface area contributed by atoms with Crippen molar-refractivity contribution < 1.29 is 123 Å². The highest BCUT2D eigenvalue weighted by atomic mass is 16.4. The van der Waals surface area contributed by atoms with Gasteiger partial charge in [-0.25, -0.2) is 0 Å². The van der Waals surface area contributed by atoms with Crippen molar-refractivity contribution in [2.45, 2.75) is 91.9 Å². The second-order valence-electron chi connectivity index (χ2n) is 28.4. The van der Waals surface area contributed by atoms with E-state index in [0.717, 1.165) is 27.8 Å². The van der Waals surface area contributed by atoms with Gasteiger partial charge < -0.3 is 123 Å². The molecule has 0 fully saturated rings. The molecule has 0 aromatic heterocycles. The molecule has 0 aliphatic rings. The molecular weight excluding hydrogens is 1680 g/mol. The molecule has 0 spiro atoms. The Morgan fingerprint density at radius 3 is 0.674 bits per heavy atom. The van der Waals surface area contributed by atoms with Crippen LogP contribution in [0.3, 0.4) is 0 Å². The predicted octanol–water partition coefficient (Wildman–Crippen LogP) is 23.2. The van der Waals surface area contributed by atoms with E-state index >= 15 is 0 Å². The number of fused-ring (bicyclic) bond motifs is 1. The average molecular weight is 1790 g/mol. The second-order valence-corrected chi connectivity index (χ2v) is 28.4. The number of hydrogen-bond donors (Lipinski definition) is 24. The van der Waals surface area contributed by atoms with E-state index in [4.69, 9.17) is 0 Å². The minimum absolute atomic E-state index is 0.0154. The number of phenols is 24. The van der Waals surface area contributed by atoms with Crippen molar-refractivity contribution in [1.82, 2.24) is 0 Å². The first-order valence-electron chi connectivity index (χ1n) is 42.1. The maximum Gasteiger partial charge on any atom is 0.200 e. The summed E-state index contributed by atoms with van der Waals surface area (Å²) < 4.78 is 0. The third kappa shape index (κ3) is 25.7. The van der Waals surface area contributed by atoms with Crippen molar-refractivity contribution in [3.05, 3.63) is 405 Å². The van der Waals surface area contributed by atoms with Crippen LogP contribution in [-0.4, -0.2) is 123 Å². The van der Waals surface area contributed by atoms with E-state index in [0.29, 0.717) is 38.9 Å². The molecule has 0 heterocycles. The van der Waals surface area contributed by atoms with Crippen LogP contribution in [-0.2, 0) is 0 Å². The van der Waals surface area contributed by atoms with Gasteiger partial charge in [-0.05, 0) is 140 Å². The summed E-state index contributed by atoms with van der Waals surface area (Å²) in [7, 11) is 0. The molecule has 132 heavy (non-hydrogen) atoms. The molecule has 24 heteroatoms. The van der Waals surface area contributed by atoms with E-state index in [9.17, 15) is 123 Å². The number of para-hydroxylation sites is 2. The Morgan fingerprint density at radius 2 is 0.386 bits per heavy atom. The van der Waals surface area contributed by atoms with Gasteiger partial charge in [0, 0.05) is 75.1 Å². The fourth-order valence-corrected chi connectivity index (χ4v) is 14.1. The van der Waals surface area contributed by atoms with Gasteiger partial charge in [-0.3, -0.25) is 0 Å². The van der Waals surface area contributed by atoms with Crippen LogP contribution in [0.25, 0.3) is 10.8 Å². The SMILES string of the molecule is CC.CC.CC.CC.CC(c1ccc(O)cc1O)c1ccc(O)cc1O.Oc1cc(C(c2ccccc2)c2cc(O)c(O)c(O)c2)cc(O)c1O.Oc1ccc(C(c2ccccc2)c2ccc(O)c(O)c2)cc1O.Oc1ccc(C(c2ccccc2)c2ccc(O)c(O)c2O)c(O)c1O.Oc1cccc(C(c2ccccc2)c2cccc(O)c2O)c1O.c1ccc2ccccc2c1. The quantitative estimate of drug-likeness (QED) is 0.0355. The standard InChI is InChI=1S/2C19H16O6.2C19H16O4.C14H14O4.C10H8.4C2H6/c20-13-6-11(7-14(21)18(13)24)17(10-4-2-1-3-5-10)12-8-15(22)19(25)16(23)9-12;20-13-8-6-11(16(22)18(13)24)15(10-4-2-1-3-5-10)12-7-9-14(21)19(25)17(12)23;20-15-10-4-8-13(18(15)22)17(12-6-2-1-3-7-12)14-9-5-11-16(21)19(14)23;20-15-8-6-13(10-17(15)22)19(12-4-2-1-3-5-12)14-7-9-16(21)18(23)11-14;1-8(11-4-2-9(15)6-13(11)17)12-5-3-10(16)7-14(12)18;1-2-6-10-8-4-3-7-9(10)5-1;4*1-2/h1-9,17,20-25H;1-9,15,20-25H;1-11,17,20-23H;1-11,19-23H;2-8,15-18H,1H3;1-8H;4*1-2H3. The van der Waals surface area contributed by atoms with E-state index in [1.807, 2.05) is 129 Å². The molecule has 0 aliphatic heterocycles. The lowest BCUT2D eigenvalue weighted by molar-refractivity contribution is 0.360. The van der Waals surface area contributed by atoms with Gasteiger partial charge in [-0.1, -0.05) is 293 Å². The zero-order valence-corrected chi connectivity index (χ0v) is 73.8. The minimum atomic E-state index is -0.765. The van der Waals surface area contributed by atoms with E-state index in [-0.39, 0.29) is 92.0 Å². The molecule has 16 rings (SSSR count). The van der Waals surface area contributed by atoms with Crippen LogP contribution < -0.4 is 0 Å². The molecule has 16 aromatic carbocycles. The summed E-state index contributed by atoms with van der Waals surface area (Å²) in [5.74, 6) is -10.9. The Morgan fingerprint density at radius 1 is 0.144 bits per heavy atom. The molecule has 0 bridgehead atoms. The van der Waals surface area contributed by atoms with Gasteiger partial charge in [0.25, 0.3) is 0 Å². The molecule has 24 nitrogen and oxygen atoms in total. The summed E-state index contributed by atoms with van der Waals surface area (Å²) in [6, 6.07) is 91.1. The summed E-state index contributed by atoms with van der Waals surface area (Å²) in [5, 5.41) is 237. The summed E-state index contributed by atoms with van der Waals surface area (Å²) in [5.41, 5.74) is 8.03. The van der Waals surface area contributed by atoms with Crippen LogP contribution >= 0.6 is 0 Å². The molecule has 0 saturated carbocycles. The maximum atomic E-state index is 10.3. The highest BCUT2D eigenvalue weighted by Crippen LogP contribution is 2.52. The highest BCUT2D eigenvalue weighted by molar-refractivity contribution is 5.82. The van der Waals surface area contributed by atoms with Gasteiger partial charge >= 0.3 is 0 Å². The molecule has 0 aliphatic carbocycles. The second kappa shape index (κ2) is 49.2. The Bertz CT molecular complexity index is 5990. The number of rotatable bonds is 14. The lowest BCUT2D eigenvalue weighted by Gasteiger charge is -2.22. The van der Waals surface area contributed by atoms with Crippen LogP contribution in [0.1, 0.15) is 170 Å². The lowest BCUT2D eigenvalue weighted by Crippen LogP contribution is -2.04. The van der Waals surface area contributed by atoms with E-state index in [2.05, 4.69) is 48.5 Å². The van der Waals surface area contributed by atoms with Gasteiger partial charge in [0.1, 0.15) is 23.0 Å². The summed E-state index contributed by atoms with van der Waals surface area (Å²) in [4.78, 5) is 0. The number of aromatic hydroxyl groups is 24. The normalized spacial score (nSPS) is 10.3. The average Bonchev–Trinajstić information content (AvgIpc) is 0.763. The van der Waals surface area contributed by atoms with Gasteiger partial charge in [-0.15, -0.1) is 0 Å². The molecule has 16 aromatic rings. The van der Waals surface area contributed by atoms with E-state index in [1.165, 1.54) is 120 Å². The Labute approximate surface area is 764 Å². The first-order chi connectivity index (χ1) is 63.4. The fraction of sp³-hybridized carbons (Fsp3) is 0.130. The predicted molar refractivity (Wildman–Crippen MR) is 511 cm³/mol. The van der Waals surface area contributed by atoms with Crippen LogP contribution in [0.15, 0.2) is 328 Å². The highest BCUT2D eigenvalue weighted by Gasteiger charge is 2.30. The topological polar surface area (TPSA) is 486 Å². The summed E-state index contributed by atoms with van der Waals surface area (Å²) in [6.07, 6.45) is 0. The van der Waals surface area contributed by atoms with E-state index in [1.54, 1.807) is 103 Å². The number of phenolic OH excluding ortho intramolecular Hbond substituents is 24. The lowest BCUT2D eigenvalue weighted by atomic mass is 9.83. The van der Waals surface area contributed by atoms with Crippen molar-refractivity contribution >= 4 is 10.8 Å². The molecule has 686 valence electrons. The first-order valence-corrected chi connectivity index (χ1v) is 42.1. The Balaban J connectivity index is 0.000000216. The fourth-order valence-electron chi connectivity index (χ4n) is 14.1. The minimum Gasteiger partial charge on any atom is -0.508 e. The van der Waals surface area contributed by atoms with Gasteiger partial charge in [-0.2, -0.15) is 0 Å². The molecule has 0 atom stereocenters. The van der Waals surface area contributed by atoms with Crippen LogP contribution in [0.4, 0.5) is 0 Å². The summed E-state index contributed by atoms with van der Waals surface area (Å²) in [6.45, 7) is 17.8. The molecule has 0 saturated heterocycles. The van der Waals surface area contributed by atoms with Gasteiger partial charge in [0.05, 0.1) is 0 Å². The molecule has 0 unspecified atom stereocenters. The Hall–Kier alpha value is -17.0. The zero-order chi connectivity index (χ0) is 97.2. The third-order valence-electron chi connectivity index (χ3n) is 20.3. The molecule has 24 N–H and O–H groups in total. The number of benzene rings is 16. The van der Waals surface area contributed by atoms with Crippen LogP contribution in [0.2, 0.25) is 0 Å². The van der Waals surface area contributed by atoms with Gasteiger partial charge in [0.15, 0.2) is 103 Å².